The first kappa shape index (κ1) is 19.3. The summed E-state index contributed by atoms with van der Waals surface area (Å²) in [5, 5.41) is 5.70. The van der Waals surface area contributed by atoms with Crippen molar-refractivity contribution >= 4 is 34.6 Å². The highest BCUT2D eigenvalue weighted by Gasteiger charge is 2.17. The molecule has 1 aromatic carbocycles. The maximum absolute atomic E-state index is 6.28. The molecule has 2 aromatic rings. The maximum atomic E-state index is 6.28. The van der Waals surface area contributed by atoms with Crippen molar-refractivity contribution in [2.24, 2.45) is 0 Å². The normalized spacial score (nSPS) is 15.4. The fourth-order valence-corrected chi connectivity index (χ4v) is 2.98. The summed E-state index contributed by atoms with van der Waals surface area (Å²) in [7, 11) is 5.22. The van der Waals surface area contributed by atoms with Crippen molar-refractivity contribution in [1.29, 1.82) is 0 Å². The zero-order chi connectivity index (χ0) is 19.4. The van der Waals surface area contributed by atoms with Crippen LogP contribution in [0.25, 0.3) is 0 Å². The molecule has 9 nitrogen and oxygen atoms in total. The average molecular weight is 394 g/mol. The Labute approximate surface area is 163 Å². The van der Waals surface area contributed by atoms with Crippen LogP contribution in [0.3, 0.4) is 0 Å². The van der Waals surface area contributed by atoms with E-state index in [2.05, 4.69) is 37.7 Å². The van der Waals surface area contributed by atoms with Crippen LogP contribution in [0, 0.1) is 0 Å². The van der Waals surface area contributed by atoms with Gasteiger partial charge in [0, 0.05) is 32.2 Å². The average Bonchev–Trinajstić information content (AvgIpc) is 2.67. The lowest BCUT2D eigenvalue weighted by Crippen LogP contribution is -2.47. The third kappa shape index (κ3) is 4.44. The minimum absolute atomic E-state index is 0.408. The van der Waals surface area contributed by atoms with Crippen LogP contribution in [-0.2, 0) is 0 Å². The summed E-state index contributed by atoms with van der Waals surface area (Å²) >= 11 is 6.23. The number of likely N-dealkylation sites (N-methyl/N-ethyl adjacent to an activating group) is 1. The Morgan fingerprint density at radius 2 is 1.70 bits per heavy atom. The quantitative estimate of drug-likeness (QED) is 0.680. The van der Waals surface area contributed by atoms with Gasteiger partial charge >= 0.3 is 0 Å². The van der Waals surface area contributed by atoms with E-state index in [0.717, 1.165) is 26.2 Å². The van der Waals surface area contributed by atoms with E-state index in [-0.39, 0.29) is 0 Å². The van der Waals surface area contributed by atoms with E-state index >= 15 is 0 Å². The molecule has 0 unspecified atom stereocenters. The van der Waals surface area contributed by atoms with Crippen LogP contribution in [0.15, 0.2) is 18.5 Å². The number of hydrazine groups is 1. The number of anilines is 4. The van der Waals surface area contributed by atoms with E-state index in [9.17, 15) is 0 Å². The second-order valence-corrected chi connectivity index (χ2v) is 6.61. The van der Waals surface area contributed by atoms with Crippen LogP contribution in [0.1, 0.15) is 0 Å². The Balaban J connectivity index is 1.81. The number of halogens is 1. The highest BCUT2D eigenvalue weighted by atomic mass is 35.5. The number of benzene rings is 1. The SMILES string of the molecule is COc1cc(OC)c(Nc2ncnc(NN3CCN(C)CC3)c2N)cc1Cl. The smallest absolute Gasteiger partial charge is 0.169 e. The van der Waals surface area contributed by atoms with Crippen molar-refractivity contribution in [3.05, 3.63) is 23.5 Å². The topological polar surface area (TPSA) is 101 Å². The van der Waals surface area contributed by atoms with E-state index in [1.807, 2.05) is 0 Å². The van der Waals surface area contributed by atoms with Gasteiger partial charge in [-0.05, 0) is 13.1 Å². The second kappa shape index (κ2) is 8.47. The second-order valence-electron chi connectivity index (χ2n) is 6.20. The lowest BCUT2D eigenvalue weighted by Gasteiger charge is -2.33. The largest absolute Gasteiger partial charge is 0.495 e. The maximum Gasteiger partial charge on any atom is 0.169 e. The number of nitrogens with two attached hydrogens (primary N) is 1. The predicted molar refractivity (Wildman–Crippen MR) is 107 cm³/mol. The summed E-state index contributed by atoms with van der Waals surface area (Å²) in [6.45, 7) is 3.71. The molecule has 146 valence electrons. The van der Waals surface area contributed by atoms with Gasteiger partial charge in [0.05, 0.1) is 24.9 Å². The fourth-order valence-electron chi connectivity index (χ4n) is 2.74. The van der Waals surface area contributed by atoms with Gasteiger partial charge < -0.3 is 30.8 Å². The van der Waals surface area contributed by atoms with Crippen molar-refractivity contribution in [1.82, 2.24) is 19.9 Å². The monoisotopic (exact) mass is 393 g/mol. The van der Waals surface area contributed by atoms with Gasteiger partial charge in [0.2, 0.25) is 0 Å². The van der Waals surface area contributed by atoms with E-state index in [4.69, 9.17) is 26.8 Å². The molecule has 0 atom stereocenters. The molecular formula is C17H24ClN7O2. The Hall–Kier alpha value is -2.49. The summed E-state index contributed by atoms with van der Waals surface area (Å²) in [6.07, 6.45) is 1.45. The summed E-state index contributed by atoms with van der Waals surface area (Å²) in [5.41, 5.74) is 10.6. The molecule has 3 rings (SSSR count). The van der Waals surface area contributed by atoms with Crippen molar-refractivity contribution in [2.45, 2.75) is 0 Å². The molecule has 0 spiro atoms. The zero-order valence-electron chi connectivity index (χ0n) is 15.6. The van der Waals surface area contributed by atoms with Gasteiger partial charge in [0.1, 0.15) is 23.5 Å². The molecule has 1 saturated heterocycles. The van der Waals surface area contributed by atoms with E-state index in [1.54, 1.807) is 26.4 Å². The lowest BCUT2D eigenvalue weighted by atomic mass is 10.2. The van der Waals surface area contributed by atoms with E-state index in [1.165, 1.54) is 6.33 Å². The van der Waals surface area contributed by atoms with Gasteiger partial charge in [-0.25, -0.2) is 15.0 Å². The summed E-state index contributed by atoms with van der Waals surface area (Å²) in [5.74, 6) is 2.09. The number of nitrogens with zero attached hydrogens (tertiary/aromatic N) is 4. The lowest BCUT2D eigenvalue weighted by molar-refractivity contribution is 0.178. The number of methoxy groups -OCH3 is 2. The summed E-state index contributed by atoms with van der Waals surface area (Å²) in [6, 6.07) is 3.40. The molecule has 0 saturated carbocycles. The van der Waals surface area contributed by atoms with Gasteiger partial charge in [0.25, 0.3) is 0 Å². The van der Waals surface area contributed by atoms with Crippen LogP contribution in [0.2, 0.25) is 5.02 Å². The van der Waals surface area contributed by atoms with Crippen LogP contribution < -0.4 is 25.9 Å². The number of nitrogen functional groups attached to an aromatic ring is 1. The van der Waals surface area contributed by atoms with Gasteiger partial charge in [-0.2, -0.15) is 0 Å². The minimum atomic E-state index is 0.408. The van der Waals surface area contributed by atoms with Gasteiger partial charge in [-0.1, -0.05) is 11.6 Å². The van der Waals surface area contributed by atoms with Crippen LogP contribution >= 0.6 is 11.6 Å². The Morgan fingerprint density at radius 3 is 2.37 bits per heavy atom. The molecule has 0 bridgehead atoms. The number of nitrogens with one attached hydrogen (secondary N) is 2. The molecule has 0 aliphatic carbocycles. The van der Waals surface area contributed by atoms with E-state index in [0.29, 0.717) is 39.5 Å². The Kier molecular flexibility index (Phi) is 6.04. The molecule has 1 aliphatic rings. The van der Waals surface area contributed by atoms with E-state index < -0.39 is 0 Å². The van der Waals surface area contributed by atoms with Crippen molar-refractivity contribution in [2.75, 3.05) is 63.9 Å². The van der Waals surface area contributed by atoms with Crippen molar-refractivity contribution < 1.29 is 9.47 Å². The van der Waals surface area contributed by atoms with Gasteiger partial charge in [0.15, 0.2) is 11.6 Å². The molecule has 10 heteroatoms. The molecule has 0 radical (unpaired) electrons. The molecule has 0 amide bonds. The first-order chi connectivity index (χ1) is 13.0. The van der Waals surface area contributed by atoms with Crippen molar-refractivity contribution in [3.63, 3.8) is 0 Å². The zero-order valence-corrected chi connectivity index (χ0v) is 16.4. The highest BCUT2D eigenvalue weighted by molar-refractivity contribution is 6.32. The summed E-state index contributed by atoms with van der Waals surface area (Å²) in [4.78, 5) is 10.8. The van der Waals surface area contributed by atoms with Crippen LogP contribution in [-0.4, -0.2) is 67.3 Å². The fraction of sp³-hybridized carbons (Fsp3) is 0.412. The first-order valence-electron chi connectivity index (χ1n) is 8.51. The third-order valence-electron chi connectivity index (χ3n) is 4.38. The standard InChI is InChI=1S/C17H24ClN7O2/c1-24-4-6-25(7-5-24)23-17-15(19)16(20-10-21-17)22-12-8-11(18)13(26-2)9-14(12)27-3/h8-10H,4-7,19H2,1-3H3,(H2,20,21,22,23). The Morgan fingerprint density at radius 1 is 1.04 bits per heavy atom. The predicted octanol–water partition coefficient (Wildman–Crippen LogP) is 2.05. The number of hydrogen-bond acceptors (Lipinski definition) is 9. The molecule has 27 heavy (non-hydrogen) atoms. The van der Waals surface area contributed by atoms with Crippen LogP contribution in [0.5, 0.6) is 11.5 Å². The number of ether oxygens (including phenoxy) is 2. The molecule has 1 fully saturated rings. The molecular weight excluding hydrogens is 370 g/mol. The van der Waals surface area contributed by atoms with Gasteiger partial charge in [-0.3, -0.25) is 0 Å². The highest BCUT2D eigenvalue weighted by Crippen LogP contribution is 2.38. The molecule has 2 heterocycles. The minimum Gasteiger partial charge on any atom is -0.495 e. The number of rotatable bonds is 6. The third-order valence-corrected chi connectivity index (χ3v) is 4.67. The molecule has 4 N–H and O–H groups in total. The Bertz CT molecular complexity index is 797. The number of hydrogen-bond donors (Lipinski definition) is 3. The van der Waals surface area contributed by atoms with Crippen molar-refractivity contribution in [3.8, 4) is 11.5 Å². The van der Waals surface area contributed by atoms with Gasteiger partial charge in [-0.15, -0.1) is 0 Å². The molecule has 1 aliphatic heterocycles. The first-order valence-corrected chi connectivity index (χ1v) is 8.88. The summed E-state index contributed by atoms with van der Waals surface area (Å²) < 4.78 is 10.6. The van der Waals surface area contributed by atoms with Crippen LogP contribution in [0.4, 0.5) is 23.0 Å². The number of piperazine rings is 1. The molecule has 1 aromatic heterocycles. The number of aromatic nitrogens is 2.